The van der Waals surface area contributed by atoms with Gasteiger partial charge in [-0.15, -0.1) is 0 Å². The van der Waals surface area contributed by atoms with Crippen LogP contribution in [0.3, 0.4) is 0 Å². The van der Waals surface area contributed by atoms with Gasteiger partial charge < -0.3 is 9.64 Å². The summed E-state index contributed by atoms with van der Waals surface area (Å²) in [5.41, 5.74) is 0.938. The summed E-state index contributed by atoms with van der Waals surface area (Å²) in [5, 5.41) is 0. The molecule has 0 N–H and O–H groups in total. The average molecular weight is 312 g/mol. The summed E-state index contributed by atoms with van der Waals surface area (Å²) in [6, 6.07) is 9.48. The van der Waals surface area contributed by atoms with E-state index in [2.05, 4.69) is 15.9 Å². The number of benzene rings is 1. The zero-order valence-electron chi connectivity index (χ0n) is 9.84. The molecule has 0 saturated carbocycles. The number of hydrogen-bond donors (Lipinski definition) is 0. The first-order valence-electron chi connectivity index (χ1n) is 5.79. The van der Waals surface area contributed by atoms with Crippen molar-refractivity contribution in [2.75, 3.05) is 13.1 Å². The van der Waals surface area contributed by atoms with Crippen LogP contribution in [0.4, 0.5) is 4.79 Å². The summed E-state index contributed by atoms with van der Waals surface area (Å²) in [4.78, 5) is 24.6. The molecule has 96 valence electrons. The molecule has 0 spiro atoms. The van der Waals surface area contributed by atoms with Crippen molar-refractivity contribution in [2.24, 2.45) is 0 Å². The van der Waals surface area contributed by atoms with Gasteiger partial charge in [0.1, 0.15) is 6.61 Å². The molecular formula is C13H14BrNO3. The number of Topliss-reactive ketones (excluding diaryl/α,β-unsaturated/α-hetero) is 1. The fraction of sp³-hybridized carbons (Fsp3) is 0.385. The number of alkyl halides is 1. The van der Waals surface area contributed by atoms with Gasteiger partial charge in [-0.05, 0) is 12.0 Å². The summed E-state index contributed by atoms with van der Waals surface area (Å²) in [5.74, 6) is 0.0258. The Labute approximate surface area is 114 Å². The van der Waals surface area contributed by atoms with Crippen LogP contribution in [0.2, 0.25) is 0 Å². The van der Waals surface area contributed by atoms with Crippen molar-refractivity contribution in [1.82, 2.24) is 4.90 Å². The third-order valence-electron chi connectivity index (χ3n) is 2.81. The fourth-order valence-electron chi connectivity index (χ4n) is 1.76. The van der Waals surface area contributed by atoms with Crippen LogP contribution < -0.4 is 0 Å². The normalized spacial score (nSPS) is 19.7. The van der Waals surface area contributed by atoms with Crippen LogP contribution in [0.1, 0.15) is 12.0 Å². The number of carbonyl (C=O) groups is 2. The van der Waals surface area contributed by atoms with Crippen LogP contribution in [0.15, 0.2) is 30.3 Å². The van der Waals surface area contributed by atoms with E-state index in [1.165, 1.54) is 4.90 Å². The van der Waals surface area contributed by atoms with Gasteiger partial charge in [-0.25, -0.2) is 4.79 Å². The van der Waals surface area contributed by atoms with Crippen molar-refractivity contribution in [3.63, 3.8) is 0 Å². The van der Waals surface area contributed by atoms with Crippen LogP contribution >= 0.6 is 15.9 Å². The van der Waals surface area contributed by atoms with Crippen molar-refractivity contribution >= 4 is 27.8 Å². The highest BCUT2D eigenvalue weighted by molar-refractivity contribution is 9.10. The van der Waals surface area contributed by atoms with Crippen LogP contribution in [0, 0.1) is 0 Å². The second kappa shape index (κ2) is 6.00. The lowest BCUT2D eigenvalue weighted by atomic mass is 10.1. The molecule has 1 aliphatic rings. The van der Waals surface area contributed by atoms with Crippen LogP contribution in [-0.4, -0.2) is 34.7 Å². The molecule has 1 amide bonds. The molecule has 18 heavy (non-hydrogen) atoms. The highest BCUT2D eigenvalue weighted by atomic mass is 79.9. The summed E-state index contributed by atoms with van der Waals surface area (Å²) < 4.78 is 5.17. The van der Waals surface area contributed by atoms with Gasteiger partial charge in [-0.3, -0.25) is 4.79 Å². The van der Waals surface area contributed by atoms with Crippen LogP contribution in [0.25, 0.3) is 0 Å². The van der Waals surface area contributed by atoms with E-state index in [1.807, 2.05) is 30.3 Å². The van der Waals surface area contributed by atoms with E-state index in [9.17, 15) is 9.59 Å². The lowest BCUT2D eigenvalue weighted by Gasteiger charge is -2.27. The van der Waals surface area contributed by atoms with Crippen LogP contribution in [-0.2, 0) is 16.1 Å². The third kappa shape index (κ3) is 3.32. The number of rotatable bonds is 2. The van der Waals surface area contributed by atoms with Crippen molar-refractivity contribution in [3.05, 3.63) is 35.9 Å². The Kier molecular flexibility index (Phi) is 4.36. The number of ketones is 1. The molecule has 0 aromatic heterocycles. The summed E-state index contributed by atoms with van der Waals surface area (Å²) in [7, 11) is 0. The number of halogens is 1. The highest BCUT2D eigenvalue weighted by Gasteiger charge is 2.28. The maximum atomic E-state index is 11.8. The van der Waals surface area contributed by atoms with Gasteiger partial charge in [0.05, 0.1) is 11.4 Å². The van der Waals surface area contributed by atoms with Gasteiger partial charge in [0.25, 0.3) is 0 Å². The molecule has 1 saturated heterocycles. The molecule has 1 fully saturated rings. The predicted molar refractivity (Wildman–Crippen MR) is 70.5 cm³/mol. The minimum atomic E-state index is -0.424. The Morgan fingerprint density at radius 1 is 1.39 bits per heavy atom. The molecule has 1 heterocycles. The molecular weight excluding hydrogens is 298 g/mol. The van der Waals surface area contributed by atoms with Crippen molar-refractivity contribution < 1.29 is 14.3 Å². The van der Waals surface area contributed by atoms with Gasteiger partial charge in [0, 0.05) is 6.54 Å². The largest absolute Gasteiger partial charge is 0.445 e. The van der Waals surface area contributed by atoms with Crippen molar-refractivity contribution in [3.8, 4) is 0 Å². The van der Waals surface area contributed by atoms with E-state index < -0.39 is 6.09 Å². The molecule has 1 aliphatic heterocycles. The van der Waals surface area contributed by atoms with E-state index in [4.69, 9.17) is 4.74 Å². The molecule has 2 rings (SSSR count). The number of nitrogens with zero attached hydrogens (tertiary/aromatic N) is 1. The Morgan fingerprint density at radius 2 is 2.11 bits per heavy atom. The average Bonchev–Trinajstić information content (AvgIpc) is 2.40. The van der Waals surface area contributed by atoms with Crippen LogP contribution in [0.5, 0.6) is 0 Å². The Bertz CT molecular complexity index is 435. The smallest absolute Gasteiger partial charge is 0.410 e. The molecule has 5 heteroatoms. The second-order valence-electron chi connectivity index (χ2n) is 4.18. The van der Waals surface area contributed by atoms with Gasteiger partial charge >= 0.3 is 6.09 Å². The third-order valence-corrected chi connectivity index (χ3v) is 3.78. The number of amides is 1. The first-order chi connectivity index (χ1) is 8.66. The van der Waals surface area contributed by atoms with E-state index in [0.717, 1.165) is 5.56 Å². The molecule has 1 atom stereocenters. The van der Waals surface area contributed by atoms with E-state index in [-0.39, 0.29) is 23.8 Å². The number of piperidine rings is 1. The first-order valence-corrected chi connectivity index (χ1v) is 6.71. The fourth-order valence-corrected chi connectivity index (χ4v) is 2.11. The van der Waals surface area contributed by atoms with Crippen molar-refractivity contribution in [2.45, 2.75) is 17.9 Å². The summed E-state index contributed by atoms with van der Waals surface area (Å²) in [6.07, 6.45) is 0.214. The molecule has 0 aliphatic carbocycles. The number of likely N-dealkylation sites (tertiary alicyclic amines) is 1. The zero-order valence-corrected chi connectivity index (χ0v) is 11.4. The molecule has 1 aromatic rings. The van der Waals surface area contributed by atoms with Gasteiger partial charge in [0.2, 0.25) is 0 Å². The highest BCUT2D eigenvalue weighted by Crippen LogP contribution is 2.15. The number of carbonyl (C=O) groups excluding carboxylic acids is 2. The maximum absolute atomic E-state index is 11.8. The summed E-state index contributed by atoms with van der Waals surface area (Å²) in [6.45, 7) is 0.918. The molecule has 1 aromatic carbocycles. The molecule has 0 bridgehead atoms. The summed E-state index contributed by atoms with van der Waals surface area (Å²) >= 11 is 3.28. The Morgan fingerprint density at radius 3 is 2.78 bits per heavy atom. The number of hydrogen-bond acceptors (Lipinski definition) is 3. The topological polar surface area (TPSA) is 46.6 Å². The van der Waals surface area contributed by atoms with E-state index in [1.54, 1.807) is 0 Å². The quantitative estimate of drug-likeness (QED) is 0.788. The molecule has 1 unspecified atom stereocenters. The minimum absolute atomic E-state index is 0.0258. The van der Waals surface area contributed by atoms with E-state index in [0.29, 0.717) is 13.0 Å². The first kappa shape index (κ1) is 13.1. The van der Waals surface area contributed by atoms with Gasteiger partial charge in [-0.2, -0.15) is 0 Å². The minimum Gasteiger partial charge on any atom is -0.445 e. The van der Waals surface area contributed by atoms with Crippen molar-refractivity contribution in [1.29, 1.82) is 0 Å². The zero-order chi connectivity index (χ0) is 13.0. The lowest BCUT2D eigenvalue weighted by Crippen LogP contribution is -2.44. The Hall–Kier alpha value is -1.36. The molecule has 0 radical (unpaired) electrons. The standard InChI is InChI=1S/C13H14BrNO3/c14-11-6-7-15(8-12(11)16)13(17)18-9-10-4-2-1-3-5-10/h1-5,11H,6-9H2. The molecule has 4 nitrogen and oxygen atoms in total. The second-order valence-corrected chi connectivity index (χ2v) is 5.29. The Balaban J connectivity index is 1.83. The van der Waals surface area contributed by atoms with E-state index >= 15 is 0 Å². The predicted octanol–water partition coefficient (Wildman–Crippen LogP) is 2.36. The maximum Gasteiger partial charge on any atom is 0.410 e. The van der Waals surface area contributed by atoms with Gasteiger partial charge in [-0.1, -0.05) is 46.3 Å². The lowest BCUT2D eigenvalue weighted by molar-refractivity contribution is -0.121. The SMILES string of the molecule is O=C1CN(C(=O)OCc2ccccc2)CCC1Br. The number of ether oxygens (including phenoxy) is 1. The monoisotopic (exact) mass is 311 g/mol. The van der Waals surface area contributed by atoms with Gasteiger partial charge in [0.15, 0.2) is 5.78 Å².